The number of likely N-dealkylation sites (N-methyl/N-ethyl adjacent to an activating group) is 1. The van der Waals surface area contributed by atoms with Gasteiger partial charge in [-0.3, -0.25) is 9.69 Å². The first-order chi connectivity index (χ1) is 6.91. The zero-order valence-corrected chi connectivity index (χ0v) is 9.73. The van der Waals surface area contributed by atoms with Crippen molar-refractivity contribution in [1.82, 2.24) is 4.90 Å². The Morgan fingerprint density at radius 3 is 2.40 bits per heavy atom. The molecule has 2 unspecified atom stereocenters. The predicted octanol–water partition coefficient (Wildman–Crippen LogP) is 1.08. The molecule has 0 aromatic rings. The van der Waals surface area contributed by atoms with Crippen LogP contribution in [-0.4, -0.2) is 45.3 Å². The van der Waals surface area contributed by atoms with Crippen LogP contribution < -0.4 is 0 Å². The van der Waals surface area contributed by atoms with E-state index in [4.69, 9.17) is 5.11 Å². The summed E-state index contributed by atoms with van der Waals surface area (Å²) in [6.45, 7) is 5.99. The largest absolute Gasteiger partial charge is 0.480 e. The number of hydrogen-bond donors (Lipinski definition) is 2. The minimum Gasteiger partial charge on any atom is -0.480 e. The number of carbonyl (C=O) groups is 1. The van der Waals surface area contributed by atoms with Crippen molar-refractivity contribution in [2.75, 3.05) is 6.54 Å². The Kier molecular flexibility index (Phi) is 3.73. The minimum absolute atomic E-state index is 0.00102. The van der Waals surface area contributed by atoms with Crippen LogP contribution >= 0.6 is 0 Å². The molecule has 88 valence electrons. The van der Waals surface area contributed by atoms with Crippen LogP contribution in [0.25, 0.3) is 0 Å². The number of aliphatic hydroxyl groups excluding tert-OH is 1. The molecule has 0 radical (unpaired) electrons. The van der Waals surface area contributed by atoms with E-state index in [1.807, 2.05) is 11.8 Å². The van der Waals surface area contributed by atoms with E-state index in [0.29, 0.717) is 6.54 Å². The summed E-state index contributed by atoms with van der Waals surface area (Å²) in [6.07, 6.45) is 2.30. The zero-order chi connectivity index (χ0) is 11.6. The topological polar surface area (TPSA) is 60.8 Å². The van der Waals surface area contributed by atoms with Gasteiger partial charge in [0.25, 0.3) is 0 Å². The highest BCUT2D eigenvalue weighted by atomic mass is 16.4. The van der Waals surface area contributed by atoms with Gasteiger partial charge in [-0.25, -0.2) is 0 Å². The van der Waals surface area contributed by atoms with Crippen molar-refractivity contribution in [1.29, 1.82) is 0 Å². The van der Waals surface area contributed by atoms with E-state index in [1.165, 1.54) is 0 Å². The molecule has 0 aromatic heterocycles. The maximum Gasteiger partial charge on any atom is 0.323 e. The molecule has 4 heteroatoms. The van der Waals surface area contributed by atoms with E-state index in [0.717, 1.165) is 19.3 Å². The van der Waals surface area contributed by atoms with Crippen LogP contribution in [0.1, 0.15) is 40.0 Å². The van der Waals surface area contributed by atoms with E-state index in [2.05, 4.69) is 0 Å². The van der Waals surface area contributed by atoms with Crippen LogP contribution in [0.5, 0.6) is 0 Å². The van der Waals surface area contributed by atoms with Crippen molar-refractivity contribution >= 4 is 5.97 Å². The lowest BCUT2D eigenvalue weighted by atomic mass is 9.99. The molecule has 1 aliphatic rings. The third-order valence-electron chi connectivity index (χ3n) is 3.43. The number of rotatable bonds is 4. The maximum absolute atomic E-state index is 11.2. The van der Waals surface area contributed by atoms with Crippen molar-refractivity contribution in [3.05, 3.63) is 0 Å². The van der Waals surface area contributed by atoms with Crippen LogP contribution in [0.2, 0.25) is 0 Å². The minimum atomic E-state index is -0.898. The van der Waals surface area contributed by atoms with Gasteiger partial charge >= 0.3 is 5.97 Å². The number of aliphatic carboxylic acids is 1. The Morgan fingerprint density at radius 1 is 1.47 bits per heavy atom. The summed E-state index contributed by atoms with van der Waals surface area (Å²) in [4.78, 5) is 13.1. The average Bonchev–Trinajstić information content (AvgIpc) is 2.53. The van der Waals surface area contributed by atoms with Gasteiger partial charge in [-0.2, -0.15) is 0 Å². The molecule has 1 aliphatic carbocycles. The van der Waals surface area contributed by atoms with E-state index in [-0.39, 0.29) is 12.1 Å². The predicted molar refractivity (Wildman–Crippen MR) is 57.7 cm³/mol. The average molecular weight is 215 g/mol. The standard InChI is InChI=1S/C11H21NO3/c1-4-12(11(2,3)10(14)15)8-6-5-7-9(8)13/h8-9,13H,4-7H2,1-3H3,(H,14,15). The van der Waals surface area contributed by atoms with Gasteiger partial charge in [-0.15, -0.1) is 0 Å². The van der Waals surface area contributed by atoms with Crippen LogP contribution in [-0.2, 0) is 4.79 Å². The van der Waals surface area contributed by atoms with Gasteiger partial charge in [0.2, 0.25) is 0 Å². The maximum atomic E-state index is 11.2. The molecule has 15 heavy (non-hydrogen) atoms. The molecule has 2 atom stereocenters. The normalized spacial score (nSPS) is 27.3. The van der Waals surface area contributed by atoms with Crippen LogP contribution in [0, 0.1) is 0 Å². The summed E-state index contributed by atoms with van der Waals surface area (Å²) < 4.78 is 0. The highest BCUT2D eigenvalue weighted by molar-refractivity contribution is 5.77. The molecule has 4 nitrogen and oxygen atoms in total. The van der Waals surface area contributed by atoms with E-state index in [9.17, 15) is 9.90 Å². The first kappa shape index (κ1) is 12.5. The zero-order valence-electron chi connectivity index (χ0n) is 9.73. The van der Waals surface area contributed by atoms with Gasteiger partial charge in [-0.1, -0.05) is 6.92 Å². The molecule has 0 aliphatic heterocycles. The fourth-order valence-corrected chi connectivity index (χ4v) is 2.45. The Bertz CT molecular complexity index is 240. The summed E-state index contributed by atoms with van der Waals surface area (Å²) in [5.74, 6) is -0.830. The molecule has 1 fully saturated rings. The third kappa shape index (κ3) is 2.32. The van der Waals surface area contributed by atoms with E-state index >= 15 is 0 Å². The molecule has 0 heterocycles. The Hall–Kier alpha value is -0.610. The third-order valence-corrected chi connectivity index (χ3v) is 3.43. The number of aliphatic hydroxyl groups is 1. The molecule has 1 rings (SSSR count). The van der Waals surface area contributed by atoms with Gasteiger partial charge in [0.05, 0.1) is 6.10 Å². The van der Waals surface area contributed by atoms with Crippen LogP contribution in [0.15, 0.2) is 0 Å². The quantitative estimate of drug-likeness (QED) is 0.737. The molecular formula is C11H21NO3. The summed E-state index contributed by atoms with van der Waals surface area (Å²) in [6, 6.07) is 0.00102. The van der Waals surface area contributed by atoms with E-state index < -0.39 is 11.5 Å². The summed E-state index contributed by atoms with van der Waals surface area (Å²) >= 11 is 0. The number of hydrogen-bond acceptors (Lipinski definition) is 3. The second kappa shape index (κ2) is 4.49. The second-order valence-corrected chi connectivity index (χ2v) is 4.72. The van der Waals surface area contributed by atoms with Crippen molar-refractivity contribution in [3.8, 4) is 0 Å². The Balaban J connectivity index is 2.83. The van der Waals surface area contributed by atoms with Gasteiger partial charge in [0.1, 0.15) is 5.54 Å². The molecule has 2 N–H and O–H groups in total. The van der Waals surface area contributed by atoms with Crippen molar-refractivity contribution in [2.45, 2.75) is 57.7 Å². The van der Waals surface area contributed by atoms with Gasteiger partial charge in [-0.05, 0) is 39.7 Å². The molecule has 0 aromatic carbocycles. The first-order valence-electron chi connectivity index (χ1n) is 5.59. The SMILES string of the molecule is CCN(C1CCCC1O)C(C)(C)C(=O)O. The fourth-order valence-electron chi connectivity index (χ4n) is 2.45. The van der Waals surface area contributed by atoms with Gasteiger partial charge < -0.3 is 10.2 Å². The smallest absolute Gasteiger partial charge is 0.323 e. The monoisotopic (exact) mass is 215 g/mol. The van der Waals surface area contributed by atoms with Crippen LogP contribution in [0.4, 0.5) is 0 Å². The van der Waals surface area contributed by atoms with Crippen molar-refractivity contribution in [3.63, 3.8) is 0 Å². The van der Waals surface area contributed by atoms with Gasteiger partial charge in [0, 0.05) is 6.04 Å². The molecule has 0 saturated heterocycles. The lowest BCUT2D eigenvalue weighted by Gasteiger charge is -2.40. The Morgan fingerprint density at radius 2 is 2.07 bits per heavy atom. The van der Waals surface area contributed by atoms with Gasteiger partial charge in [0.15, 0.2) is 0 Å². The fraction of sp³-hybridized carbons (Fsp3) is 0.909. The second-order valence-electron chi connectivity index (χ2n) is 4.72. The molecule has 0 amide bonds. The highest BCUT2D eigenvalue weighted by Crippen LogP contribution is 2.29. The van der Waals surface area contributed by atoms with Crippen molar-refractivity contribution < 1.29 is 15.0 Å². The Labute approximate surface area is 90.9 Å². The van der Waals surface area contributed by atoms with Crippen molar-refractivity contribution in [2.24, 2.45) is 0 Å². The number of carboxylic acid groups (broad SMARTS) is 1. The van der Waals surface area contributed by atoms with Crippen LogP contribution in [0.3, 0.4) is 0 Å². The summed E-state index contributed by atoms with van der Waals surface area (Å²) in [7, 11) is 0. The molecular weight excluding hydrogens is 194 g/mol. The lowest BCUT2D eigenvalue weighted by molar-refractivity contribution is -0.152. The molecule has 1 saturated carbocycles. The highest BCUT2D eigenvalue weighted by Gasteiger charge is 2.41. The number of nitrogens with zero attached hydrogens (tertiary/aromatic N) is 1. The first-order valence-corrected chi connectivity index (χ1v) is 5.59. The number of carboxylic acids is 1. The lowest BCUT2D eigenvalue weighted by Crippen LogP contribution is -2.56. The molecule has 0 bridgehead atoms. The summed E-state index contributed by atoms with van der Waals surface area (Å²) in [5, 5.41) is 19.0. The summed E-state index contributed by atoms with van der Waals surface area (Å²) in [5.41, 5.74) is -0.898. The van der Waals surface area contributed by atoms with E-state index in [1.54, 1.807) is 13.8 Å². The molecule has 0 spiro atoms.